The minimum atomic E-state index is -0.362. The second kappa shape index (κ2) is 9.60. The van der Waals surface area contributed by atoms with Gasteiger partial charge in [0.05, 0.1) is 20.3 Å². The van der Waals surface area contributed by atoms with Gasteiger partial charge in [-0.05, 0) is 37.0 Å². The molecule has 0 bridgehead atoms. The predicted octanol–water partition coefficient (Wildman–Crippen LogP) is 1.29. The Kier molecular flexibility index (Phi) is 8.16. The minimum absolute atomic E-state index is 0. The molecule has 1 aromatic rings. The number of nitrogens with two attached hydrogens (primary N) is 1. The van der Waals surface area contributed by atoms with Gasteiger partial charge in [0.2, 0.25) is 5.91 Å². The van der Waals surface area contributed by atoms with Crippen molar-refractivity contribution in [2.24, 2.45) is 5.73 Å². The van der Waals surface area contributed by atoms with Gasteiger partial charge in [0.15, 0.2) is 11.5 Å². The highest BCUT2D eigenvalue weighted by molar-refractivity contribution is 5.85. The van der Waals surface area contributed by atoms with Crippen LogP contribution in [0.3, 0.4) is 0 Å². The Labute approximate surface area is 143 Å². The molecule has 0 unspecified atom stereocenters. The van der Waals surface area contributed by atoms with Gasteiger partial charge in [0.1, 0.15) is 6.10 Å². The lowest BCUT2D eigenvalue weighted by Crippen LogP contribution is -2.36. The van der Waals surface area contributed by atoms with Gasteiger partial charge in [-0.15, -0.1) is 12.4 Å². The van der Waals surface area contributed by atoms with Gasteiger partial charge >= 0.3 is 0 Å². The zero-order valence-electron chi connectivity index (χ0n) is 13.5. The van der Waals surface area contributed by atoms with E-state index in [9.17, 15) is 4.79 Å². The summed E-state index contributed by atoms with van der Waals surface area (Å²) < 4.78 is 16.0. The van der Waals surface area contributed by atoms with Crippen molar-refractivity contribution in [3.63, 3.8) is 0 Å². The summed E-state index contributed by atoms with van der Waals surface area (Å²) in [7, 11) is 3.21. The van der Waals surface area contributed by atoms with Crippen molar-refractivity contribution in [1.82, 2.24) is 5.32 Å². The van der Waals surface area contributed by atoms with Crippen LogP contribution in [-0.2, 0) is 16.0 Å². The molecule has 1 amide bonds. The average Bonchev–Trinajstić information content (AvgIpc) is 3.03. The summed E-state index contributed by atoms with van der Waals surface area (Å²) in [5.41, 5.74) is 6.62. The molecule has 0 spiro atoms. The van der Waals surface area contributed by atoms with E-state index in [1.165, 1.54) is 0 Å². The first-order chi connectivity index (χ1) is 10.7. The summed E-state index contributed by atoms with van der Waals surface area (Å²) >= 11 is 0. The molecule has 1 aliphatic heterocycles. The third-order valence-electron chi connectivity index (χ3n) is 3.82. The molecular formula is C16H25ClN2O4. The molecule has 0 aromatic heterocycles. The first kappa shape index (κ1) is 19.5. The van der Waals surface area contributed by atoms with Crippen molar-refractivity contribution in [1.29, 1.82) is 0 Å². The van der Waals surface area contributed by atoms with Crippen molar-refractivity contribution >= 4 is 18.3 Å². The van der Waals surface area contributed by atoms with Crippen LogP contribution in [0.5, 0.6) is 11.5 Å². The SMILES string of the molecule is COc1ccc(CCNC(=O)[C@@H]2CC[C@H](CN)O2)cc1OC.Cl. The number of benzene rings is 1. The summed E-state index contributed by atoms with van der Waals surface area (Å²) in [4.78, 5) is 12.0. The van der Waals surface area contributed by atoms with Gasteiger partial charge in [0, 0.05) is 13.1 Å². The Morgan fingerprint density at radius 3 is 2.65 bits per heavy atom. The van der Waals surface area contributed by atoms with E-state index in [0.717, 1.165) is 24.8 Å². The van der Waals surface area contributed by atoms with Crippen LogP contribution in [0.2, 0.25) is 0 Å². The number of methoxy groups -OCH3 is 2. The Hall–Kier alpha value is -1.50. The Balaban J connectivity index is 0.00000264. The van der Waals surface area contributed by atoms with Crippen molar-refractivity contribution < 1.29 is 19.0 Å². The maximum absolute atomic E-state index is 12.0. The third kappa shape index (κ3) is 5.27. The monoisotopic (exact) mass is 344 g/mol. The topological polar surface area (TPSA) is 82.8 Å². The second-order valence-electron chi connectivity index (χ2n) is 5.29. The van der Waals surface area contributed by atoms with Crippen LogP contribution in [0.25, 0.3) is 0 Å². The van der Waals surface area contributed by atoms with Crippen LogP contribution in [0.15, 0.2) is 18.2 Å². The van der Waals surface area contributed by atoms with E-state index >= 15 is 0 Å². The average molecular weight is 345 g/mol. The highest BCUT2D eigenvalue weighted by Crippen LogP contribution is 2.27. The summed E-state index contributed by atoms with van der Waals surface area (Å²) in [6.45, 7) is 1.02. The van der Waals surface area contributed by atoms with Gasteiger partial charge in [-0.25, -0.2) is 0 Å². The molecule has 1 aliphatic rings. The van der Waals surface area contributed by atoms with Gasteiger partial charge in [-0.1, -0.05) is 6.07 Å². The number of halogens is 1. The zero-order chi connectivity index (χ0) is 15.9. The van der Waals surface area contributed by atoms with Crippen LogP contribution in [0, 0.1) is 0 Å². The standard InChI is InChI=1S/C16H24N2O4.ClH/c1-20-13-5-3-11(9-15(13)21-2)7-8-18-16(19)14-6-4-12(10-17)22-14;/h3,5,9,12,14H,4,6-8,10,17H2,1-2H3,(H,18,19);1H/t12-,14+;/m1./s1. The van der Waals surface area contributed by atoms with Crippen molar-refractivity contribution in [3.05, 3.63) is 23.8 Å². The van der Waals surface area contributed by atoms with Crippen LogP contribution in [0.4, 0.5) is 0 Å². The lowest BCUT2D eigenvalue weighted by molar-refractivity contribution is -0.131. The molecule has 7 heteroatoms. The quantitative estimate of drug-likeness (QED) is 0.778. The molecular weight excluding hydrogens is 320 g/mol. The van der Waals surface area contributed by atoms with E-state index in [2.05, 4.69) is 5.32 Å². The third-order valence-corrected chi connectivity index (χ3v) is 3.82. The number of amides is 1. The molecule has 0 saturated carbocycles. The smallest absolute Gasteiger partial charge is 0.249 e. The molecule has 1 aromatic carbocycles. The first-order valence-corrected chi connectivity index (χ1v) is 7.52. The Bertz CT molecular complexity index is 513. The fourth-order valence-corrected chi connectivity index (χ4v) is 2.55. The molecule has 6 nitrogen and oxygen atoms in total. The number of rotatable bonds is 7. The highest BCUT2D eigenvalue weighted by atomic mass is 35.5. The molecule has 2 rings (SSSR count). The van der Waals surface area contributed by atoms with Crippen molar-refractivity contribution in [2.75, 3.05) is 27.3 Å². The van der Waals surface area contributed by atoms with Crippen LogP contribution < -0.4 is 20.5 Å². The van der Waals surface area contributed by atoms with Gasteiger partial charge in [0.25, 0.3) is 0 Å². The largest absolute Gasteiger partial charge is 0.493 e. The predicted molar refractivity (Wildman–Crippen MR) is 90.5 cm³/mol. The van der Waals surface area contributed by atoms with Gasteiger partial charge in [-0.2, -0.15) is 0 Å². The van der Waals surface area contributed by atoms with E-state index in [-0.39, 0.29) is 30.5 Å². The number of carbonyl (C=O) groups excluding carboxylic acids is 1. The molecule has 1 saturated heterocycles. The molecule has 23 heavy (non-hydrogen) atoms. The maximum atomic E-state index is 12.0. The van der Waals surface area contributed by atoms with E-state index in [4.69, 9.17) is 19.9 Å². The summed E-state index contributed by atoms with van der Waals surface area (Å²) in [6, 6.07) is 5.74. The Morgan fingerprint density at radius 2 is 2.04 bits per heavy atom. The molecule has 1 fully saturated rings. The molecule has 0 aliphatic carbocycles. The summed E-state index contributed by atoms with van der Waals surface area (Å²) in [6.07, 6.45) is 1.97. The molecule has 1 heterocycles. The maximum Gasteiger partial charge on any atom is 0.249 e. The van der Waals surface area contributed by atoms with Gasteiger partial charge < -0.3 is 25.3 Å². The highest BCUT2D eigenvalue weighted by Gasteiger charge is 2.29. The van der Waals surface area contributed by atoms with Crippen LogP contribution in [0.1, 0.15) is 18.4 Å². The van der Waals surface area contributed by atoms with Crippen LogP contribution >= 0.6 is 12.4 Å². The number of ether oxygens (including phenoxy) is 3. The van der Waals surface area contributed by atoms with Crippen molar-refractivity contribution in [2.45, 2.75) is 31.5 Å². The number of carbonyl (C=O) groups is 1. The van der Waals surface area contributed by atoms with Crippen molar-refractivity contribution in [3.8, 4) is 11.5 Å². The zero-order valence-corrected chi connectivity index (χ0v) is 14.4. The number of hydrogen-bond acceptors (Lipinski definition) is 5. The second-order valence-corrected chi connectivity index (χ2v) is 5.29. The summed E-state index contributed by atoms with van der Waals surface area (Å²) in [5, 5.41) is 2.91. The fraction of sp³-hybridized carbons (Fsp3) is 0.562. The molecule has 2 atom stereocenters. The number of nitrogens with one attached hydrogen (secondary N) is 1. The fourth-order valence-electron chi connectivity index (χ4n) is 2.55. The van der Waals surface area contributed by atoms with E-state index in [1.807, 2.05) is 18.2 Å². The van der Waals surface area contributed by atoms with E-state index in [0.29, 0.717) is 24.6 Å². The van der Waals surface area contributed by atoms with Crippen LogP contribution in [-0.4, -0.2) is 45.4 Å². The minimum Gasteiger partial charge on any atom is -0.493 e. The molecule has 3 N–H and O–H groups in total. The number of hydrogen-bond donors (Lipinski definition) is 2. The lowest BCUT2D eigenvalue weighted by atomic mass is 10.1. The van der Waals surface area contributed by atoms with E-state index in [1.54, 1.807) is 14.2 Å². The molecule has 130 valence electrons. The van der Waals surface area contributed by atoms with E-state index < -0.39 is 0 Å². The molecule has 0 radical (unpaired) electrons. The lowest BCUT2D eigenvalue weighted by Gasteiger charge is -2.13. The summed E-state index contributed by atoms with van der Waals surface area (Å²) in [5.74, 6) is 1.33. The van der Waals surface area contributed by atoms with Gasteiger partial charge in [-0.3, -0.25) is 4.79 Å². The normalized spacial score (nSPS) is 19.8. The Morgan fingerprint density at radius 1 is 1.30 bits per heavy atom. The first-order valence-electron chi connectivity index (χ1n) is 7.52.